The summed E-state index contributed by atoms with van der Waals surface area (Å²) in [6.07, 6.45) is 1.05. The number of hydrogen-bond acceptors (Lipinski definition) is 5. The lowest BCUT2D eigenvalue weighted by Gasteiger charge is -2.35. The molecule has 0 amide bonds. The van der Waals surface area contributed by atoms with E-state index in [4.69, 9.17) is 0 Å². The Labute approximate surface area is 154 Å². The van der Waals surface area contributed by atoms with E-state index >= 15 is 0 Å². The molecule has 0 saturated carbocycles. The summed E-state index contributed by atoms with van der Waals surface area (Å²) in [4.78, 5) is 2.32. The van der Waals surface area contributed by atoms with Crippen LogP contribution in [0.3, 0.4) is 0 Å². The van der Waals surface area contributed by atoms with Crippen molar-refractivity contribution in [1.82, 2.24) is 4.31 Å². The zero-order valence-electron chi connectivity index (χ0n) is 14.4. The monoisotopic (exact) mass is 395 g/mol. The molecule has 0 aromatic heterocycles. The Kier molecular flexibility index (Phi) is 5.22. The van der Waals surface area contributed by atoms with Crippen LogP contribution in [0.4, 0.5) is 11.4 Å². The van der Waals surface area contributed by atoms with E-state index in [9.17, 15) is 16.8 Å². The third-order valence-corrected chi connectivity index (χ3v) is 6.67. The molecule has 0 unspecified atom stereocenters. The first-order valence-electron chi connectivity index (χ1n) is 8.14. The maximum atomic E-state index is 12.8. The molecule has 3 rings (SSSR count). The largest absolute Gasteiger partial charge is 0.369 e. The van der Waals surface area contributed by atoms with Gasteiger partial charge in [0.05, 0.1) is 11.2 Å². The standard InChI is InChI=1S/C17H21N3O4S2/c1-25(21,22)18-15-7-9-17(10-8-15)26(23,24)20-13-11-19(12-14-20)16-5-3-2-4-6-16/h2-10,18H,11-14H2,1H3. The van der Waals surface area contributed by atoms with Gasteiger partial charge in [0.1, 0.15) is 0 Å². The number of sulfonamides is 2. The van der Waals surface area contributed by atoms with Gasteiger partial charge in [-0.2, -0.15) is 4.31 Å². The van der Waals surface area contributed by atoms with Gasteiger partial charge in [0.2, 0.25) is 20.0 Å². The molecule has 7 nitrogen and oxygen atoms in total. The molecular formula is C17H21N3O4S2. The second kappa shape index (κ2) is 7.26. The molecule has 0 spiro atoms. The van der Waals surface area contributed by atoms with Crippen molar-refractivity contribution in [2.45, 2.75) is 4.90 Å². The molecule has 2 aromatic carbocycles. The predicted molar refractivity (Wildman–Crippen MR) is 102 cm³/mol. The summed E-state index contributed by atoms with van der Waals surface area (Å²) in [5.41, 5.74) is 1.42. The number of nitrogens with one attached hydrogen (secondary N) is 1. The number of nitrogens with zero attached hydrogens (tertiary/aromatic N) is 2. The van der Waals surface area contributed by atoms with Gasteiger partial charge in [0, 0.05) is 37.6 Å². The van der Waals surface area contributed by atoms with E-state index in [1.54, 1.807) is 0 Å². The van der Waals surface area contributed by atoms with Gasteiger partial charge in [-0.3, -0.25) is 4.72 Å². The minimum atomic E-state index is -3.60. The average Bonchev–Trinajstić information content (AvgIpc) is 2.62. The van der Waals surface area contributed by atoms with E-state index in [0.717, 1.165) is 11.9 Å². The Morgan fingerprint density at radius 1 is 0.808 bits per heavy atom. The first-order chi connectivity index (χ1) is 12.3. The molecule has 140 valence electrons. The quantitative estimate of drug-likeness (QED) is 0.830. The lowest BCUT2D eigenvalue weighted by molar-refractivity contribution is 0.385. The molecule has 0 bridgehead atoms. The molecule has 1 aliphatic heterocycles. The van der Waals surface area contributed by atoms with Crippen LogP contribution >= 0.6 is 0 Å². The van der Waals surface area contributed by atoms with Crippen molar-refractivity contribution in [3.8, 4) is 0 Å². The van der Waals surface area contributed by atoms with E-state index in [-0.39, 0.29) is 4.90 Å². The minimum absolute atomic E-state index is 0.157. The third-order valence-electron chi connectivity index (χ3n) is 4.16. The maximum absolute atomic E-state index is 12.8. The summed E-state index contributed by atoms with van der Waals surface area (Å²) in [7, 11) is -6.99. The lowest BCUT2D eigenvalue weighted by Crippen LogP contribution is -2.48. The Morgan fingerprint density at radius 2 is 1.38 bits per heavy atom. The summed E-state index contributed by atoms with van der Waals surface area (Å²) >= 11 is 0. The molecule has 9 heteroatoms. The molecule has 1 N–H and O–H groups in total. The van der Waals surface area contributed by atoms with Crippen molar-refractivity contribution in [2.75, 3.05) is 42.1 Å². The number of para-hydroxylation sites is 1. The van der Waals surface area contributed by atoms with Gasteiger partial charge in [0.25, 0.3) is 0 Å². The van der Waals surface area contributed by atoms with Gasteiger partial charge in [-0.15, -0.1) is 0 Å². The number of hydrogen-bond donors (Lipinski definition) is 1. The van der Waals surface area contributed by atoms with Crippen LogP contribution in [0.1, 0.15) is 0 Å². The molecule has 0 aliphatic carbocycles. The topological polar surface area (TPSA) is 86.8 Å². The summed E-state index contributed by atoms with van der Waals surface area (Å²) in [6, 6.07) is 15.7. The smallest absolute Gasteiger partial charge is 0.243 e. The van der Waals surface area contributed by atoms with Crippen LogP contribution in [0.15, 0.2) is 59.5 Å². The van der Waals surface area contributed by atoms with E-state index in [1.807, 2.05) is 30.3 Å². The molecule has 1 fully saturated rings. The third kappa shape index (κ3) is 4.35. The SMILES string of the molecule is CS(=O)(=O)Nc1ccc(S(=O)(=O)N2CCN(c3ccccc3)CC2)cc1. The van der Waals surface area contributed by atoms with Crippen LogP contribution in [-0.4, -0.2) is 53.6 Å². The van der Waals surface area contributed by atoms with Crippen molar-refractivity contribution < 1.29 is 16.8 Å². The molecular weight excluding hydrogens is 374 g/mol. The lowest BCUT2D eigenvalue weighted by atomic mass is 10.2. The molecule has 0 atom stereocenters. The van der Waals surface area contributed by atoms with Crippen LogP contribution < -0.4 is 9.62 Å². The predicted octanol–water partition coefficient (Wildman–Crippen LogP) is 1.57. The summed E-state index contributed by atoms with van der Waals surface area (Å²) < 4.78 is 51.8. The van der Waals surface area contributed by atoms with E-state index in [2.05, 4.69) is 9.62 Å². The van der Waals surface area contributed by atoms with E-state index in [1.165, 1.54) is 28.6 Å². The molecule has 0 radical (unpaired) electrons. The molecule has 2 aromatic rings. The Morgan fingerprint density at radius 3 is 1.92 bits per heavy atom. The molecule has 1 saturated heterocycles. The van der Waals surface area contributed by atoms with Crippen molar-refractivity contribution >= 4 is 31.4 Å². The van der Waals surface area contributed by atoms with Crippen LogP contribution in [0.25, 0.3) is 0 Å². The number of benzene rings is 2. The summed E-state index contributed by atoms with van der Waals surface area (Å²) in [5, 5.41) is 0. The van der Waals surface area contributed by atoms with E-state index in [0.29, 0.717) is 31.9 Å². The summed E-state index contributed by atoms with van der Waals surface area (Å²) in [6.45, 7) is 2.05. The Hall–Kier alpha value is -2.10. The van der Waals surface area contributed by atoms with Gasteiger partial charge >= 0.3 is 0 Å². The Balaban J connectivity index is 1.69. The van der Waals surface area contributed by atoms with Crippen molar-refractivity contribution in [3.05, 3.63) is 54.6 Å². The van der Waals surface area contributed by atoms with Gasteiger partial charge in [0.15, 0.2) is 0 Å². The maximum Gasteiger partial charge on any atom is 0.243 e. The second-order valence-electron chi connectivity index (χ2n) is 6.13. The fourth-order valence-electron chi connectivity index (χ4n) is 2.88. The number of rotatable bonds is 5. The molecule has 1 aliphatic rings. The van der Waals surface area contributed by atoms with Crippen molar-refractivity contribution in [3.63, 3.8) is 0 Å². The normalized spacial score (nSPS) is 16.4. The highest BCUT2D eigenvalue weighted by atomic mass is 32.2. The minimum Gasteiger partial charge on any atom is -0.369 e. The van der Waals surface area contributed by atoms with Crippen molar-refractivity contribution in [1.29, 1.82) is 0 Å². The van der Waals surface area contributed by atoms with Gasteiger partial charge in [-0.05, 0) is 36.4 Å². The van der Waals surface area contributed by atoms with Crippen LogP contribution in [0, 0.1) is 0 Å². The van der Waals surface area contributed by atoms with E-state index < -0.39 is 20.0 Å². The van der Waals surface area contributed by atoms with Crippen LogP contribution in [0.5, 0.6) is 0 Å². The van der Waals surface area contributed by atoms with Gasteiger partial charge in [-0.25, -0.2) is 16.8 Å². The zero-order chi connectivity index (χ0) is 18.8. The van der Waals surface area contributed by atoms with Crippen LogP contribution in [0.2, 0.25) is 0 Å². The first kappa shape index (κ1) is 18.7. The van der Waals surface area contributed by atoms with Crippen molar-refractivity contribution in [2.24, 2.45) is 0 Å². The fourth-order valence-corrected chi connectivity index (χ4v) is 4.87. The average molecular weight is 396 g/mol. The molecule has 26 heavy (non-hydrogen) atoms. The number of anilines is 2. The number of piperazine rings is 1. The van der Waals surface area contributed by atoms with Gasteiger partial charge < -0.3 is 4.90 Å². The first-order valence-corrected chi connectivity index (χ1v) is 11.5. The second-order valence-corrected chi connectivity index (χ2v) is 9.81. The zero-order valence-corrected chi connectivity index (χ0v) is 16.0. The molecule has 1 heterocycles. The Bertz CT molecular complexity index is 951. The highest BCUT2D eigenvalue weighted by Crippen LogP contribution is 2.22. The fraction of sp³-hybridized carbons (Fsp3) is 0.294. The van der Waals surface area contributed by atoms with Gasteiger partial charge in [-0.1, -0.05) is 18.2 Å². The van der Waals surface area contributed by atoms with Crippen LogP contribution in [-0.2, 0) is 20.0 Å². The highest BCUT2D eigenvalue weighted by molar-refractivity contribution is 7.92. The highest BCUT2D eigenvalue weighted by Gasteiger charge is 2.28. The summed E-state index contributed by atoms with van der Waals surface area (Å²) in [5.74, 6) is 0.